The first-order valence-corrected chi connectivity index (χ1v) is 12.1. The predicted octanol–water partition coefficient (Wildman–Crippen LogP) is 2.08. The van der Waals surface area contributed by atoms with Crippen LogP contribution in [0.15, 0.2) is 28.7 Å². The SMILES string of the molecule is C#CCCC1(CCN(C(=O)CNC(=O)CC)C(C(=O)NC2COC2)c2ccncc2C(C)C)N=N1. The molecule has 2 aliphatic rings. The zero-order chi connectivity index (χ0) is 25.4. The van der Waals surface area contributed by atoms with Gasteiger partial charge in [-0.05, 0) is 23.1 Å². The molecule has 0 aromatic carbocycles. The van der Waals surface area contributed by atoms with Gasteiger partial charge in [-0.25, -0.2) is 0 Å². The van der Waals surface area contributed by atoms with Crippen molar-refractivity contribution in [3.8, 4) is 12.3 Å². The number of hydrogen-bond donors (Lipinski definition) is 2. The van der Waals surface area contributed by atoms with Gasteiger partial charge in [-0.1, -0.05) is 20.8 Å². The summed E-state index contributed by atoms with van der Waals surface area (Å²) in [5.74, 6) is 1.77. The van der Waals surface area contributed by atoms with Crippen molar-refractivity contribution in [1.29, 1.82) is 0 Å². The smallest absolute Gasteiger partial charge is 0.247 e. The molecule has 0 aliphatic carbocycles. The van der Waals surface area contributed by atoms with E-state index in [1.807, 2.05) is 13.8 Å². The van der Waals surface area contributed by atoms with E-state index in [0.29, 0.717) is 38.0 Å². The second-order valence-electron chi connectivity index (χ2n) is 9.16. The van der Waals surface area contributed by atoms with Crippen molar-refractivity contribution < 1.29 is 19.1 Å². The van der Waals surface area contributed by atoms with Crippen LogP contribution in [-0.2, 0) is 19.1 Å². The summed E-state index contributed by atoms with van der Waals surface area (Å²) >= 11 is 0. The van der Waals surface area contributed by atoms with Gasteiger partial charge in [0.1, 0.15) is 6.04 Å². The minimum absolute atomic E-state index is 0.0770. The molecule has 1 aromatic rings. The zero-order valence-electron chi connectivity index (χ0n) is 20.6. The third kappa shape index (κ3) is 6.85. The van der Waals surface area contributed by atoms with Gasteiger partial charge < -0.3 is 20.3 Å². The largest absolute Gasteiger partial charge is 0.377 e. The maximum Gasteiger partial charge on any atom is 0.247 e. The molecular weight excluding hydrogens is 448 g/mol. The molecular formula is C25H34N6O4. The van der Waals surface area contributed by atoms with Crippen LogP contribution in [0.5, 0.6) is 0 Å². The Morgan fingerprint density at radius 1 is 1.26 bits per heavy atom. The molecule has 1 aromatic heterocycles. The summed E-state index contributed by atoms with van der Waals surface area (Å²) in [5, 5.41) is 14.0. The number of ether oxygens (including phenoxy) is 1. The molecule has 10 heteroatoms. The van der Waals surface area contributed by atoms with E-state index in [1.54, 1.807) is 25.4 Å². The average Bonchev–Trinajstić information content (AvgIpc) is 3.60. The molecule has 35 heavy (non-hydrogen) atoms. The summed E-state index contributed by atoms with van der Waals surface area (Å²) in [6.07, 6.45) is 10.6. The molecule has 1 atom stereocenters. The Morgan fingerprint density at radius 2 is 2.00 bits per heavy atom. The molecule has 0 saturated carbocycles. The molecule has 1 fully saturated rings. The van der Waals surface area contributed by atoms with Gasteiger partial charge in [-0.3, -0.25) is 19.4 Å². The number of pyridine rings is 1. The number of aromatic nitrogens is 1. The highest BCUT2D eigenvalue weighted by Gasteiger charge is 2.42. The fourth-order valence-corrected chi connectivity index (χ4v) is 3.96. The monoisotopic (exact) mass is 482 g/mol. The van der Waals surface area contributed by atoms with Crippen molar-refractivity contribution in [1.82, 2.24) is 20.5 Å². The van der Waals surface area contributed by atoms with E-state index in [0.717, 1.165) is 5.56 Å². The van der Waals surface area contributed by atoms with E-state index in [1.165, 1.54) is 4.90 Å². The van der Waals surface area contributed by atoms with Crippen LogP contribution in [-0.4, -0.2) is 65.6 Å². The second kappa shape index (κ2) is 11.9. The minimum atomic E-state index is -0.912. The summed E-state index contributed by atoms with van der Waals surface area (Å²) in [6, 6.07) is 0.758. The molecule has 0 bridgehead atoms. The number of terminal acetylenes is 1. The Hall–Kier alpha value is -3.32. The van der Waals surface area contributed by atoms with Crippen molar-refractivity contribution in [2.45, 2.75) is 70.1 Å². The number of amides is 3. The quantitative estimate of drug-likeness (QED) is 0.417. The van der Waals surface area contributed by atoms with Crippen molar-refractivity contribution >= 4 is 17.7 Å². The van der Waals surface area contributed by atoms with Crippen LogP contribution in [0.1, 0.15) is 69.5 Å². The van der Waals surface area contributed by atoms with Crippen LogP contribution in [0.2, 0.25) is 0 Å². The first-order chi connectivity index (χ1) is 16.8. The van der Waals surface area contributed by atoms with Crippen molar-refractivity contribution in [2.75, 3.05) is 26.3 Å². The number of rotatable bonds is 13. The normalized spacial score (nSPS) is 16.7. The van der Waals surface area contributed by atoms with Gasteiger partial charge in [-0.15, -0.1) is 12.3 Å². The predicted molar refractivity (Wildman–Crippen MR) is 129 cm³/mol. The zero-order valence-corrected chi connectivity index (χ0v) is 20.6. The number of hydrogen-bond acceptors (Lipinski definition) is 7. The van der Waals surface area contributed by atoms with E-state index >= 15 is 0 Å². The van der Waals surface area contributed by atoms with E-state index in [2.05, 4.69) is 31.8 Å². The number of nitrogens with zero attached hydrogens (tertiary/aromatic N) is 4. The lowest BCUT2D eigenvalue weighted by atomic mass is 9.92. The van der Waals surface area contributed by atoms with Crippen LogP contribution in [0, 0.1) is 12.3 Å². The fraction of sp³-hybridized carbons (Fsp3) is 0.600. The molecule has 3 heterocycles. The Bertz CT molecular complexity index is 992. The van der Waals surface area contributed by atoms with Gasteiger partial charge >= 0.3 is 0 Å². The summed E-state index contributed by atoms with van der Waals surface area (Å²) in [6.45, 7) is 6.61. The Morgan fingerprint density at radius 3 is 2.57 bits per heavy atom. The Labute approximate surface area is 206 Å². The van der Waals surface area contributed by atoms with E-state index in [9.17, 15) is 14.4 Å². The molecule has 1 unspecified atom stereocenters. The molecule has 2 aliphatic heterocycles. The highest BCUT2D eigenvalue weighted by Crippen LogP contribution is 2.38. The van der Waals surface area contributed by atoms with Gasteiger partial charge in [-0.2, -0.15) is 10.2 Å². The summed E-state index contributed by atoms with van der Waals surface area (Å²) < 4.78 is 5.21. The lowest BCUT2D eigenvalue weighted by Gasteiger charge is -2.36. The topological polar surface area (TPSA) is 125 Å². The second-order valence-corrected chi connectivity index (χ2v) is 9.16. The molecule has 2 N–H and O–H groups in total. The van der Waals surface area contributed by atoms with Crippen LogP contribution >= 0.6 is 0 Å². The van der Waals surface area contributed by atoms with Crippen molar-refractivity contribution in [3.63, 3.8) is 0 Å². The van der Waals surface area contributed by atoms with Gasteiger partial charge in [0.05, 0.1) is 25.8 Å². The Kier molecular flexibility index (Phi) is 8.93. The van der Waals surface area contributed by atoms with E-state index < -0.39 is 11.7 Å². The third-order valence-electron chi connectivity index (χ3n) is 6.23. The molecule has 3 rings (SSSR count). The maximum absolute atomic E-state index is 13.6. The summed E-state index contributed by atoms with van der Waals surface area (Å²) in [4.78, 5) is 44.7. The Balaban J connectivity index is 1.93. The number of carbonyl (C=O) groups is 3. The van der Waals surface area contributed by atoms with Gasteiger partial charge in [0.25, 0.3) is 0 Å². The lowest BCUT2D eigenvalue weighted by molar-refractivity contribution is -0.142. The average molecular weight is 483 g/mol. The third-order valence-corrected chi connectivity index (χ3v) is 6.23. The van der Waals surface area contributed by atoms with Crippen molar-refractivity contribution in [2.24, 2.45) is 10.2 Å². The molecule has 1 saturated heterocycles. The van der Waals surface area contributed by atoms with Crippen LogP contribution in [0.25, 0.3) is 0 Å². The molecule has 0 spiro atoms. The maximum atomic E-state index is 13.6. The summed E-state index contributed by atoms with van der Waals surface area (Å²) in [7, 11) is 0. The van der Waals surface area contributed by atoms with Crippen molar-refractivity contribution in [3.05, 3.63) is 29.6 Å². The molecule has 188 valence electrons. The van der Waals surface area contributed by atoms with Crippen LogP contribution in [0.4, 0.5) is 0 Å². The highest BCUT2D eigenvalue weighted by atomic mass is 16.5. The van der Waals surface area contributed by atoms with E-state index in [-0.39, 0.29) is 49.2 Å². The molecule has 3 amide bonds. The van der Waals surface area contributed by atoms with Gasteiger partial charge in [0.15, 0.2) is 5.66 Å². The van der Waals surface area contributed by atoms with E-state index in [4.69, 9.17) is 11.2 Å². The van der Waals surface area contributed by atoms with Gasteiger partial charge in [0.2, 0.25) is 17.7 Å². The minimum Gasteiger partial charge on any atom is -0.377 e. The first kappa shape index (κ1) is 26.3. The van der Waals surface area contributed by atoms with Gasteiger partial charge in [0, 0.05) is 44.6 Å². The first-order valence-electron chi connectivity index (χ1n) is 12.1. The highest BCUT2D eigenvalue weighted by molar-refractivity contribution is 5.91. The lowest BCUT2D eigenvalue weighted by Crippen LogP contribution is -2.54. The summed E-state index contributed by atoms with van der Waals surface area (Å²) in [5.41, 5.74) is 0.945. The fourth-order valence-electron chi connectivity index (χ4n) is 3.96. The molecule has 0 radical (unpaired) electrons. The van der Waals surface area contributed by atoms with Crippen LogP contribution < -0.4 is 10.6 Å². The molecule has 10 nitrogen and oxygen atoms in total. The number of carbonyl (C=O) groups excluding carboxylic acids is 3. The van der Waals surface area contributed by atoms with Crippen LogP contribution in [0.3, 0.4) is 0 Å². The number of nitrogens with one attached hydrogen (secondary N) is 2. The standard InChI is InChI=1S/C25H34N6O4/c1-5-7-9-25(29-30-25)10-12-31(22(33)14-27-21(32)6-2)23(24(34)28-18-15-35-16-18)19-8-11-26-13-20(19)17(3)4/h1,8,11,13,17-18,23H,6-7,9-10,12,14-16H2,2-4H3,(H,27,32)(H,28,34).